The molecule has 0 amide bonds. The van der Waals surface area contributed by atoms with Gasteiger partial charge in [0.1, 0.15) is 5.75 Å². The van der Waals surface area contributed by atoms with Crippen molar-refractivity contribution in [2.45, 2.75) is 0 Å². The summed E-state index contributed by atoms with van der Waals surface area (Å²) in [6.45, 7) is 0. The molecule has 0 N–H and O–H groups in total. The molecule has 0 saturated carbocycles. The molecule has 5 rings (SSSR count). The van der Waals surface area contributed by atoms with Gasteiger partial charge in [-0.05, 0) is 22.6 Å². The summed E-state index contributed by atoms with van der Waals surface area (Å²) < 4.78 is 20.8. The average molecular weight is 434 g/mol. The van der Waals surface area contributed by atoms with Gasteiger partial charge in [-0.1, -0.05) is 115 Å². The van der Waals surface area contributed by atoms with Crippen LogP contribution in [0.4, 0.5) is 0 Å². The van der Waals surface area contributed by atoms with Gasteiger partial charge in [-0.25, -0.2) is 0 Å². The fraction of sp³-hybridized carbons (Fsp3) is 0.0345. The highest BCUT2D eigenvalue weighted by Gasteiger charge is 2.32. The Kier molecular flexibility index (Phi) is 5.39. The Labute approximate surface area is 188 Å². The molecule has 0 radical (unpaired) electrons. The Hall–Kier alpha value is -3.61. The molecule has 0 aliphatic rings. The third-order valence-corrected chi connectivity index (χ3v) is 8.98. The van der Waals surface area contributed by atoms with E-state index in [2.05, 4.69) is 24.3 Å². The van der Waals surface area contributed by atoms with Crippen molar-refractivity contribution in [1.82, 2.24) is 0 Å². The van der Waals surface area contributed by atoms with Crippen LogP contribution in [-0.2, 0) is 4.57 Å². The molecular formula is C29H23O2P. The van der Waals surface area contributed by atoms with Crippen molar-refractivity contribution in [1.29, 1.82) is 0 Å². The summed E-state index contributed by atoms with van der Waals surface area (Å²) in [6, 6.07) is 39.9. The van der Waals surface area contributed by atoms with E-state index >= 15 is 4.57 Å². The van der Waals surface area contributed by atoms with Crippen LogP contribution in [0.2, 0.25) is 0 Å². The number of hydrogen-bond acceptors (Lipinski definition) is 2. The topological polar surface area (TPSA) is 26.3 Å². The predicted octanol–water partition coefficient (Wildman–Crippen LogP) is 6.15. The maximum absolute atomic E-state index is 15.1. The van der Waals surface area contributed by atoms with Crippen molar-refractivity contribution in [3.63, 3.8) is 0 Å². The van der Waals surface area contributed by atoms with Gasteiger partial charge in [0.05, 0.1) is 7.11 Å². The Balaban J connectivity index is 1.86. The van der Waals surface area contributed by atoms with Gasteiger partial charge in [0.15, 0.2) is 7.14 Å². The van der Waals surface area contributed by atoms with E-state index in [-0.39, 0.29) is 0 Å². The van der Waals surface area contributed by atoms with Crippen molar-refractivity contribution >= 4 is 33.8 Å². The van der Waals surface area contributed by atoms with Crippen LogP contribution >= 0.6 is 7.14 Å². The third-order valence-electron chi connectivity index (χ3n) is 5.86. The number of fused-ring (bicyclic) bond motifs is 1. The van der Waals surface area contributed by atoms with Crippen LogP contribution < -0.4 is 20.7 Å². The van der Waals surface area contributed by atoms with Crippen molar-refractivity contribution in [2.75, 3.05) is 7.11 Å². The largest absolute Gasteiger partial charge is 0.496 e. The summed E-state index contributed by atoms with van der Waals surface area (Å²) in [4.78, 5) is 0. The monoisotopic (exact) mass is 434 g/mol. The maximum Gasteiger partial charge on any atom is 0.171 e. The molecule has 0 heterocycles. The molecule has 0 aliphatic heterocycles. The van der Waals surface area contributed by atoms with Crippen LogP contribution in [0.25, 0.3) is 21.9 Å². The molecular weight excluding hydrogens is 411 g/mol. The summed E-state index contributed by atoms with van der Waals surface area (Å²) in [5.41, 5.74) is 1.97. The van der Waals surface area contributed by atoms with Crippen molar-refractivity contribution < 1.29 is 9.30 Å². The Bertz CT molecular complexity index is 1380. The second-order valence-electron chi connectivity index (χ2n) is 7.66. The lowest BCUT2D eigenvalue weighted by atomic mass is 9.97. The summed E-state index contributed by atoms with van der Waals surface area (Å²) in [6.07, 6.45) is 0. The van der Waals surface area contributed by atoms with E-state index in [9.17, 15) is 0 Å². The number of methoxy groups -OCH3 is 1. The molecule has 5 aromatic rings. The zero-order valence-corrected chi connectivity index (χ0v) is 18.7. The zero-order valence-electron chi connectivity index (χ0n) is 17.8. The van der Waals surface area contributed by atoms with Crippen LogP contribution in [0, 0.1) is 0 Å². The number of ether oxygens (including phenoxy) is 1. The first-order valence-electron chi connectivity index (χ1n) is 10.6. The second kappa shape index (κ2) is 8.49. The van der Waals surface area contributed by atoms with Gasteiger partial charge < -0.3 is 9.30 Å². The lowest BCUT2D eigenvalue weighted by Gasteiger charge is -2.23. The van der Waals surface area contributed by atoms with E-state index in [0.29, 0.717) is 0 Å². The van der Waals surface area contributed by atoms with E-state index < -0.39 is 7.14 Å². The van der Waals surface area contributed by atoms with Gasteiger partial charge in [0.2, 0.25) is 0 Å². The fourth-order valence-electron chi connectivity index (χ4n) is 4.38. The molecule has 0 atom stereocenters. The highest BCUT2D eigenvalue weighted by atomic mass is 31.2. The van der Waals surface area contributed by atoms with E-state index in [1.807, 2.05) is 97.1 Å². The van der Waals surface area contributed by atoms with Crippen LogP contribution in [0.1, 0.15) is 0 Å². The Morgan fingerprint density at radius 1 is 0.562 bits per heavy atom. The number of hydrogen-bond donors (Lipinski definition) is 0. The first kappa shape index (κ1) is 20.3. The molecule has 5 aromatic carbocycles. The fourth-order valence-corrected chi connectivity index (χ4v) is 7.25. The first-order chi connectivity index (χ1) is 15.7. The van der Waals surface area contributed by atoms with Gasteiger partial charge >= 0.3 is 0 Å². The standard InChI is InChI=1S/C29H23O2P/c1-31-27-20-11-13-22-12-10-19-26(29(22)27)25-18-8-9-21-28(25)32(30,23-14-4-2-5-15-23)24-16-6-3-7-17-24/h2-21H,1H3. The quantitative estimate of drug-likeness (QED) is 0.310. The minimum Gasteiger partial charge on any atom is -0.496 e. The molecule has 32 heavy (non-hydrogen) atoms. The predicted molar refractivity (Wildman–Crippen MR) is 135 cm³/mol. The lowest BCUT2D eigenvalue weighted by molar-refractivity contribution is 0.420. The smallest absolute Gasteiger partial charge is 0.171 e. The van der Waals surface area contributed by atoms with Crippen LogP contribution in [0.15, 0.2) is 121 Å². The number of rotatable bonds is 5. The van der Waals surface area contributed by atoms with Gasteiger partial charge in [-0.15, -0.1) is 0 Å². The molecule has 0 bridgehead atoms. The highest BCUT2D eigenvalue weighted by Crippen LogP contribution is 2.46. The van der Waals surface area contributed by atoms with Crippen molar-refractivity contribution in [2.24, 2.45) is 0 Å². The zero-order chi connectivity index (χ0) is 22.0. The van der Waals surface area contributed by atoms with Gasteiger partial charge in [0, 0.05) is 21.3 Å². The van der Waals surface area contributed by atoms with E-state index in [1.165, 1.54) is 0 Å². The molecule has 0 aliphatic carbocycles. The summed E-state index contributed by atoms with van der Waals surface area (Å²) >= 11 is 0. The minimum atomic E-state index is -3.12. The summed E-state index contributed by atoms with van der Waals surface area (Å²) in [7, 11) is -1.43. The molecule has 2 nitrogen and oxygen atoms in total. The maximum atomic E-state index is 15.1. The second-order valence-corrected chi connectivity index (χ2v) is 10.4. The normalized spacial score (nSPS) is 11.4. The third kappa shape index (κ3) is 3.34. The SMILES string of the molecule is COc1cccc2cccc(-c3ccccc3P(=O)(c3ccccc3)c3ccccc3)c12. The van der Waals surface area contributed by atoms with Gasteiger partial charge in [-0.3, -0.25) is 0 Å². The minimum absolute atomic E-state index is 0.808. The van der Waals surface area contributed by atoms with Crippen LogP contribution in [0.5, 0.6) is 5.75 Å². The van der Waals surface area contributed by atoms with Crippen LogP contribution in [0.3, 0.4) is 0 Å². The van der Waals surface area contributed by atoms with Crippen LogP contribution in [-0.4, -0.2) is 7.11 Å². The molecule has 0 aromatic heterocycles. The Morgan fingerprint density at radius 3 is 1.72 bits per heavy atom. The average Bonchev–Trinajstić information content (AvgIpc) is 2.88. The summed E-state index contributed by atoms with van der Waals surface area (Å²) in [5.74, 6) is 0.808. The Morgan fingerprint density at radius 2 is 1.09 bits per heavy atom. The van der Waals surface area contributed by atoms with E-state index in [1.54, 1.807) is 7.11 Å². The molecule has 0 saturated heterocycles. The molecule has 0 fully saturated rings. The molecule has 156 valence electrons. The molecule has 3 heteroatoms. The van der Waals surface area contributed by atoms with E-state index in [4.69, 9.17) is 4.74 Å². The van der Waals surface area contributed by atoms with Crippen molar-refractivity contribution in [3.8, 4) is 16.9 Å². The van der Waals surface area contributed by atoms with Crippen molar-refractivity contribution in [3.05, 3.63) is 121 Å². The van der Waals surface area contributed by atoms with Gasteiger partial charge in [0.25, 0.3) is 0 Å². The summed E-state index contributed by atoms with van der Waals surface area (Å²) in [5, 5.41) is 4.59. The number of benzene rings is 5. The van der Waals surface area contributed by atoms with Gasteiger partial charge in [-0.2, -0.15) is 0 Å². The highest BCUT2D eigenvalue weighted by molar-refractivity contribution is 7.85. The molecule has 0 unspecified atom stereocenters. The van der Waals surface area contributed by atoms with E-state index in [0.717, 1.165) is 43.6 Å². The first-order valence-corrected chi connectivity index (χ1v) is 12.3. The molecule has 0 spiro atoms. The lowest BCUT2D eigenvalue weighted by Crippen LogP contribution is -2.26.